The maximum absolute atomic E-state index is 11.9. The van der Waals surface area contributed by atoms with Crippen molar-refractivity contribution >= 4 is 32.3 Å². The molecule has 23 heavy (non-hydrogen) atoms. The summed E-state index contributed by atoms with van der Waals surface area (Å²) in [6.07, 6.45) is 1.50. The standard InChI is InChI=1S/C14H16O7S2/c1-4-12-5-7-13(8-6-12)23(18,19)21-22(16,17)10-9-20-14(15)11(2)3/h4-8H,1-2,9-10H2,3H3. The third kappa shape index (κ3) is 5.97. The van der Waals surface area contributed by atoms with Crippen LogP contribution in [0.25, 0.3) is 6.08 Å². The number of esters is 1. The Labute approximate surface area is 135 Å². The molecule has 0 aromatic heterocycles. The van der Waals surface area contributed by atoms with E-state index in [1.165, 1.54) is 37.3 Å². The zero-order chi connectivity index (χ0) is 17.7. The van der Waals surface area contributed by atoms with Gasteiger partial charge in [0, 0.05) is 5.57 Å². The van der Waals surface area contributed by atoms with Crippen molar-refractivity contribution in [3.63, 3.8) is 0 Å². The smallest absolute Gasteiger partial charge is 0.333 e. The Balaban J connectivity index is 2.76. The van der Waals surface area contributed by atoms with E-state index in [4.69, 9.17) is 0 Å². The van der Waals surface area contributed by atoms with Crippen LogP contribution in [-0.2, 0) is 33.4 Å². The molecule has 1 aromatic carbocycles. The van der Waals surface area contributed by atoms with Crippen LogP contribution in [0.1, 0.15) is 12.5 Å². The van der Waals surface area contributed by atoms with Crippen LogP contribution in [0.5, 0.6) is 0 Å². The van der Waals surface area contributed by atoms with Gasteiger partial charge in [0.05, 0.1) is 4.90 Å². The second-order valence-electron chi connectivity index (χ2n) is 4.47. The molecule has 0 heterocycles. The first-order valence-corrected chi connectivity index (χ1v) is 9.30. The van der Waals surface area contributed by atoms with Gasteiger partial charge < -0.3 is 4.74 Å². The molecule has 0 amide bonds. The summed E-state index contributed by atoms with van der Waals surface area (Å²) in [5.74, 6) is -1.57. The molecule has 126 valence electrons. The van der Waals surface area contributed by atoms with E-state index >= 15 is 0 Å². The van der Waals surface area contributed by atoms with E-state index in [0.29, 0.717) is 5.56 Å². The highest BCUT2D eigenvalue weighted by atomic mass is 32.3. The summed E-state index contributed by atoms with van der Waals surface area (Å²) >= 11 is 0. The summed E-state index contributed by atoms with van der Waals surface area (Å²) in [6, 6.07) is 5.29. The normalized spacial score (nSPS) is 11.7. The molecule has 0 atom stereocenters. The largest absolute Gasteiger partial charge is 0.461 e. The summed E-state index contributed by atoms with van der Waals surface area (Å²) in [5, 5.41) is 0. The molecule has 0 saturated carbocycles. The van der Waals surface area contributed by atoms with Crippen molar-refractivity contribution in [1.82, 2.24) is 0 Å². The summed E-state index contributed by atoms with van der Waals surface area (Å²) in [4.78, 5) is 10.8. The van der Waals surface area contributed by atoms with Gasteiger partial charge in [-0.05, 0) is 24.6 Å². The van der Waals surface area contributed by atoms with E-state index in [2.05, 4.69) is 21.5 Å². The van der Waals surface area contributed by atoms with Gasteiger partial charge >= 0.3 is 16.1 Å². The van der Waals surface area contributed by atoms with Crippen molar-refractivity contribution in [2.75, 3.05) is 12.4 Å². The average Bonchev–Trinajstić information content (AvgIpc) is 2.45. The molecular formula is C14H16O7S2. The molecule has 0 aliphatic rings. The number of benzene rings is 1. The van der Waals surface area contributed by atoms with Gasteiger partial charge in [0.1, 0.15) is 12.4 Å². The zero-order valence-electron chi connectivity index (χ0n) is 12.4. The fraction of sp³-hybridized carbons (Fsp3) is 0.214. The number of hydrogen-bond acceptors (Lipinski definition) is 7. The average molecular weight is 360 g/mol. The summed E-state index contributed by atoms with van der Waals surface area (Å²) in [7, 11) is -8.93. The molecule has 1 rings (SSSR count). The van der Waals surface area contributed by atoms with E-state index in [-0.39, 0.29) is 10.5 Å². The van der Waals surface area contributed by atoms with Crippen molar-refractivity contribution in [3.8, 4) is 0 Å². The highest BCUT2D eigenvalue weighted by Gasteiger charge is 2.25. The van der Waals surface area contributed by atoms with E-state index in [1.807, 2.05) is 0 Å². The third-order valence-electron chi connectivity index (χ3n) is 2.51. The van der Waals surface area contributed by atoms with Crippen LogP contribution in [0.4, 0.5) is 0 Å². The first-order chi connectivity index (χ1) is 10.6. The van der Waals surface area contributed by atoms with E-state index in [1.54, 1.807) is 0 Å². The number of carbonyl (C=O) groups is 1. The van der Waals surface area contributed by atoms with Crippen LogP contribution in [-0.4, -0.2) is 35.2 Å². The van der Waals surface area contributed by atoms with Gasteiger partial charge in [0.2, 0.25) is 0 Å². The first-order valence-electron chi connectivity index (χ1n) is 6.31. The second kappa shape index (κ2) is 7.53. The van der Waals surface area contributed by atoms with Crippen LogP contribution in [0, 0.1) is 0 Å². The van der Waals surface area contributed by atoms with Crippen molar-refractivity contribution in [3.05, 3.63) is 48.6 Å². The van der Waals surface area contributed by atoms with Gasteiger partial charge in [-0.25, -0.2) is 4.79 Å². The number of hydrogen-bond donors (Lipinski definition) is 0. The van der Waals surface area contributed by atoms with Gasteiger partial charge in [-0.15, -0.1) is 3.63 Å². The lowest BCUT2D eigenvalue weighted by Crippen LogP contribution is -2.21. The zero-order valence-corrected chi connectivity index (χ0v) is 14.0. The molecule has 9 heteroatoms. The van der Waals surface area contributed by atoms with Crippen LogP contribution in [0.15, 0.2) is 47.9 Å². The fourth-order valence-electron chi connectivity index (χ4n) is 1.34. The molecule has 0 aliphatic heterocycles. The molecule has 0 fully saturated rings. The molecule has 0 aliphatic carbocycles. The number of ether oxygens (including phenoxy) is 1. The predicted molar refractivity (Wildman–Crippen MR) is 84.4 cm³/mol. The van der Waals surface area contributed by atoms with Gasteiger partial charge in [0.25, 0.3) is 10.1 Å². The van der Waals surface area contributed by atoms with Crippen molar-refractivity contribution < 1.29 is 30.0 Å². The van der Waals surface area contributed by atoms with Crippen molar-refractivity contribution in [1.29, 1.82) is 0 Å². The second-order valence-corrected chi connectivity index (χ2v) is 7.92. The van der Waals surface area contributed by atoms with Crippen molar-refractivity contribution in [2.45, 2.75) is 11.8 Å². The summed E-state index contributed by atoms with van der Waals surface area (Å²) < 4.78 is 56.0. The maximum Gasteiger partial charge on any atom is 0.333 e. The SMILES string of the molecule is C=Cc1ccc(S(=O)(=O)OS(=O)(=O)CCOC(=O)C(=C)C)cc1. The lowest BCUT2D eigenvalue weighted by Gasteiger charge is -2.07. The van der Waals surface area contributed by atoms with Gasteiger partial charge in [-0.1, -0.05) is 31.4 Å². The Bertz CT molecular complexity index is 803. The topological polar surface area (TPSA) is 104 Å². The minimum absolute atomic E-state index is 0.0956. The van der Waals surface area contributed by atoms with Crippen LogP contribution < -0.4 is 0 Å². The quantitative estimate of drug-likeness (QED) is 0.511. The molecule has 1 aromatic rings. The highest BCUT2D eigenvalue weighted by molar-refractivity contribution is 7.99. The van der Waals surface area contributed by atoms with Crippen LogP contribution >= 0.6 is 0 Å². The van der Waals surface area contributed by atoms with Gasteiger partial charge in [-0.3, -0.25) is 0 Å². The maximum atomic E-state index is 11.9. The van der Waals surface area contributed by atoms with Crippen LogP contribution in [0.2, 0.25) is 0 Å². The van der Waals surface area contributed by atoms with E-state index in [9.17, 15) is 21.6 Å². The minimum Gasteiger partial charge on any atom is -0.461 e. The lowest BCUT2D eigenvalue weighted by atomic mass is 10.2. The Morgan fingerprint density at radius 2 is 1.74 bits per heavy atom. The van der Waals surface area contributed by atoms with E-state index < -0.39 is 38.6 Å². The Hall–Kier alpha value is -1.97. The first kappa shape index (κ1) is 19.1. The minimum atomic E-state index is -4.49. The highest BCUT2D eigenvalue weighted by Crippen LogP contribution is 2.16. The molecule has 0 N–H and O–H groups in total. The molecule has 0 spiro atoms. The molecule has 0 radical (unpaired) electrons. The third-order valence-corrected chi connectivity index (χ3v) is 5.57. The van der Waals surface area contributed by atoms with Crippen molar-refractivity contribution in [2.24, 2.45) is 0 Å². The number of rotatable bonds is 8. The fourth-order valence-corrected chi connectivity index (χ4v) is 3.78. The molecule has 0 saturated heterocycles. The monoisotopic (exact) mass is 360 g/mol. The lowest BCUT2D eigenvalue weighted by molar-refractivity contribution is -0.138. The Morgan fingerprint density at radius 3 is 2.22 bits per heavy atom. The predicted octanol–water partition coefficient (Wildman–Crippen LogP) is 1.48. The Kier molecular flexibility index (Phi) is 6.25. The number of carbonyl (C=O) groups excluding carboxylic acids is 1. The molecular weight excluding hydrogens is 344 g/mol. The molecule has 7 nitrogen and oxygen atoms in total. The van der Waals surface area contributed by atoms with Gasteiger partial charge in [0.15, 0.2) is 0 Å². The molecule has 0 unspecified atom stereocenters. The van der Waals surface area contributed by atoms with Crippen LogP contribution in [0.3, 0.4) is 0 Å². The Morgan fingerprint density at radius 1 is 1.17 bits per heavy atom. The summed E-state index contributed by atoms with van der Waals surface area (Å²) in [5.41, 5.74) is 0.761. The summed E-state index contributed by atoms with van der Waals surface area (Å²) in [6.45, 7) is 7.69. The van der Waals surface area contributed by atoms with E-state index in [0.717, 1.165) is 0 Å². The van der Waals surface area contributed by atoms with Gasteiger partial charge in [-0.2, -0.15) is 16.8 Å². The molecule has 0 bridgehead atoms.